The van der Waals surface area contributed by atoms with Crippen LogP contribution < -0.4 is 4.90 Å². The molecule has 70 valence electrons. The molecule has 14 heavy (non-hydrogen) atoms. The van der Waals surface area contributed by atoms with Gasteiger partial charge in [0.1, 0.15) is 0 Å². The molecule has 0 aliphatic heterocycles. The van der Waals surface area contributed by atoms with Crippen molar-refractivity contribution in [2.75, 3.05) is 18.5 Å². The molecule has 3 heteroatoms. The Hall–Kier alpha value is -1.45. The van der Waals surface area contributed by atoms with E-state index in [2.05, 4.69) is 27.9 Å². The topological polar surface area (TPSA) is 27.0 Å². The van der Waals surface area contributed by atoms with Gasteiger partial charge in [-0.2, -0.15) is 5.26 Å². The fourth-order valence-electron chi connectivity index (χ4n) is 1.09. The predicted octanol–water partition coefficient (Wildman–Crippen LogP) is 2.39. The van der Waals surface area contributed by atoms with E-state index in [9.17, 15) is 0 Å². The van der Waals surface area contributed by atoms with Gasteiger partial charge in [0.25, 0.3) is 0 Å². The van der Waals surface area contributed by atoms with Crippen molar-refractivity contribution in [3.63, 3.8) is 0 Å². The Balaban J connectivity index is 3.05. The van der Waals surface area contributed by atoms with Gasteiger partial charge in [0.05, 0.1) is 18.2 Å². The maximum absolute atomic E-state index is 8.77. The van der Waals surface area contributed by atoms with Crippen LogP contribution in [0.25, 0.3) is 0 Å². The molecule has 0 saturated heterocycles. The summed E-state index contributed by atoms with van der Waals surface area (Å²) in [7, 11) is 1.89. The number of halogens is 1. The maximum atomic E-state index is 8.77. The molecular formula is C11H9BrN2. The SMILES string of the molecule is C#CCN(C)c1cc(Br)cc(C#N)c1. The smallest absolute Gasteiger partial charge is 0.0992 e. The van der Waals surface area contributed by atoms with Crippen molar-refractivity contribution < 1.29 is 0 Å². The van der Waals surface area contributed by atoms with E-state index in [0.29, 0.717) is 12.1 Å². The van der Waals surface area contributed by atoms with Gasteiger partial charge in [-0.15, -0.1) is 6.42 Å². The molecule has 0 radical (unpaired) electrons. The van der Waals surface area contributed by atoms with Crippen LogP contribution in [0.4, 0.5) is 5.69 Å². The molecule has 0 saturated carbocycles. The summed E-state index contributed by atoms with van der Waals surface area (Å²) in [4.78, 5) is 1.91. The zero-order chi connectivity index (χ0) is 10.6. The second-order valence-electron chi connectivity index (χ2n) is 2.87. The summed E-state index contributed by atoms with van der Waals surface area (Å²) in [5.41, 5.74) is 1.56. The van der Waals surface area contributed by atoms with Gasteiger partial charge in [-0.25, -0.2) is 0 Å². The number of nitriles is 1. The average Bonchev–Trinajstić information content (AvgIpc) is 2.17. The minimum absolute atomic E-state index is 0.529. The molecule has 0 aromatic heterocycles. The Bertz CT molecular complexity index is 412. The molecule has 0 bridgehead atoms. The van der Waals surface area contributed by atoms with E-state index in [4.69, 9.17) is 11.7 Å². The van der Waals surface area contributed by atoms with Crippen LogP contribution in [0.15, 0.2) is 22.7 Å². The lowest BCUT2D eigenvalue weighted by Gasteiger charge is -2.16. The number of hydrogen-bond donors (Lipinski definition) is 0. The number of terminal acetylenes is 1. The maximum Gasteiger partial charge on any atom is 0.0992 e. The third-order valence-electron chi connectivity index (χ3n) is 1.78. The fraction of sp³-hybridized carbons (Fsp3) is 0.182. The Morgan fingerprint density at radius 3 is 2.79 bits per heavy atom. The highest BCUT2D eigenvalue weighted by atomic mass is 79.9. The summed E-state index contributed by atoms with van der Waals surface area (Å²) in [6.45, 7) is 0.529. The molecule has 0 aliphatic rings. The van der Waals surface area contributed by atoms with Gasteiger partial charge in [-0.1, -0.05) is 21.9 Å². The summed E-state index contributed by atoms with van der Waals surface area (Å²) in [5.74, 6) is 2.55. The van der Waals surface area contributed by atoms with Crippen LogP contribution in [0.1, 0.15) is 5.56 Å². The molecule has 0 unspecified atom stereocenters. The van der Waals surface area contributed by atoms with E-state index in [-0.39, 0.29) is 0 Å². The molecule has 0 heterocycles. The highest BCUT2D eigenvalue weighted by molar-refractivity contribution is 9.10. The highest BCUT2D eigenvalue weighted by Crippen LogP contribution is 2.21. The lowest BCUT2D eigenvalue weighted by molar-refractivity contribution is 1.05. The fourth-order valence-corrected chi connectivity index (χ4v) is 1.57. The van der Waals surface area contributed by atoms with Gasteiger partial charge in [-0.05, 0) is 18.2 Å². The van der Waals surface area contributed by atoms with Crippen molar-refractivity contribution in [1.29, 1.82) is 5.26 Å². The summed E-state index contributed by atoms with van der Waals surface area (Å²) >= 11 is 3.34. The first-order chi connectivity index (χ1) is 6.67. The molecular weight excluding hydrogens is 240 g/mol. The summed E-state index contributed by atoms with van der Waals surface area (Å²) in [6, 6.07) is 7.60. The van der Waals surface area contributed by atoms with Crippen molar-refractivity contribution in [2.24, 2.45) is 0 Å². The van der Waals surface area contributed by atoms with Crippen LogP contribution in [0.3, 0.4) is 0 Å². The van der Waals surface area contributed by atoms with Crippen molar-refractivity contribution in [2.45, 2.75) is 0 Å². The van der Waals surface area contributed by atoms with Gasteiger partial charge in [0, 0.05) is 17.2 Å². The number of hydrogen-bond acceptors (Lipinski definition) is 2. The molecule has 2 nitrogen and oxygen atoms in total. The van der Waals surface area contributed by atoms with Gasteiger partial charge in [-0.3, -0.25) is 0 Å². The Labute approximate surface area is 92.3 Å². The van der Waals surface area contributed by atoms with E-state index >= 15 is 0 Å². The lowest BCUT2D eigenvalue weighted by Crippen LogP contribution is -2.16. The largest absolute Gasteiger partial charge is 0.363 e. The molecule has 1 aromatic carbocycles. The van der Waals surface area contributed by atoms with Crippen molar-refractivity contribution in [1.82, 2.24) is 0 Å². The number of anilines is 1. The van der Waals surface area contributed by atoms with Crippen LogP contribution >= 0.6 is 15.9 Å². The molecule has 0 N–H and O–H groups in total. The second kappa shape index (κ2) is 4.69. The van der Waals surface area contributed by atoms with Crippen LogP contribution in [0.2, 0.25) is 0 Å². The monoisotopic (exact) mass is 248 g/mol. The van der Waals surface area contributed by atoms with E-state index in [1.165, 1.54) is 0 Å². The van der Waals surface area contributed by atoms with Crippen LogP contribution in [-0.2, 0) is 0 Å². The molecule has 0 aliphatic carbocycles. The Morgan fingerprint density at radius 2 is 2.21 bits per heavy atom. The first kappa shape index (κ1) is 10.6. The van der Waals surface area contributed by atoms with E-state index in [1.54, 1.807) is 6.07 Å². The van der Waals surface area contributed by atoms with Crippen molar-refractivity contribution in [3.05, 3.63) is 28.2 Å². The van der Waals surface area contributed by atoms with Gasteiger partial charge >= 0.3 is 0 Å². The van der Waals surface area contributed by atoms with Crippen LogP contribution in [0, 0.1) is 23.7 Å². The van der Waals surface area contributed by atoms with E-state index in [0.717, 1.165) is 10.2 Å². The summed E-state index contributed by atoms with van der Waals surface area (Å²) in [6.07, 6.45) is 5.21. The molecule has 0 spiro atoms. The minimum Gasteiger partial charge on any atom is -0.363 e. The third kappa shape index (κ3) is 2.52. The predicted molar refractivity (Wildman–Crippen MR) is 61.0 cm³/mol. The normalized spacial score (nSPS) is 8.86. The van der Waals surface area contributed by atoms with E-state index < -0.39 is 0 Å². The van der Waals surface area contributed by atoms with Crippen molar-refractivity contribution >= 4 is 21.6 Å². The zero-order valence-corrected chi connectivity index (χ0v) is 9.37. The Kier molecular flexibility index (Phi) is 3.56. The average molecular weight is 249 g/mol. The molecule has 1 rings (SSSR count). The highest BCUT2D eigenvalue weighted by Gasteiger charge is 2.02. The zero-order valence-electron chi connectivity index (χ0n) is 7.79. The van der Waals surface area contributed by atoms with Crippen LogP contribution in [-0.4, -0.2) is 13.6 Å². The molecule has 1 aromatic rings. The first-order valence-corrected chi connectivity index (χ1v) is 4.82. The minimum atomic E-state index is 0.529. The first-order valence-electron chi connectivity index (χ1n) is 4.02. The number of benzene rings is 1. The van der Waals surface area contributed by atoms with Gasteiger partial charge < -0.3 is 4.90 Å². The van der Waals surface area contributed by atoms with Gasteiger partial charge in [0.2, 0.25) is 0 Å². The van der Waals surface area contributed by atoms with E-state index in [1.807, 2.05) is 24.1 Å². The number of rotatable bonds is 2. The lowest BCUT2D eigenvalue weighted by atomic mass is 10.2. The van der Waals surface area contributed by atoms with Gasteiger partial charge in [0.15, 0.2) is 0 Å². The summed E-state index contributed by atoms with van der Waals surface area (Å²) < 4.78 is 0.885. The van der Waals surface area contributed by atoms with Crippen LogP contribution in [0.5, 0.6) is 0 Å². The summed E-state index contributed by atoms with van der Waals surface area (Å²) in [5, 5.41) is 8.77. The quantitative estimate of drug-likeness (QED) is 0.752. The molecule has 0 atom stereocenters. The Morgan fingerprint density at radius 1 is 1.50 bits per heavy atom. The second-order valence-corrected chi connectivity index (χ2v) is 3.79. The molecule has 0 fully saturated rings. The number of nitrogens with zero attached hydrogens (tertiary/aromatic N) is 2. The van der Waals surface area contributed by atoms with Crippen molar-refractivity contribution in [3.8, 4) is 18.4 Å². The third-order valence-corrected chi connectivity index (χ3v) is 2.24. The molecule has 0 amide bonds. The standard InChI is InChI=1S/C11H9BrN2/c1-3-4-14(2)11-6-9(8-13)5-10(12)7-11/h1,5-7H,4H2,2H3.